The quantitative estimate of drug-likeness (QED) is 0.0349. The van der Waals surface area contributed by atoms with E-state index in [1.807, 2.05) is 0 Å². The summed E-state index contributed by atoms with van der Waals surface area (Å²) in [5.41, 5.74) is 0. The van der Waals surface area contributed by atoms with E-state index >= 15 is 0 Å². The second kappa shape index (κ2) is 45.5. The van der Waals surface area contributed by atoms with Crippen LogP contribution in [0.3, 0.4) is 0 Å². The van der Waals surface area contributed by atoms with Gasteiger partial charge in [-0.05, 0) is 83.8 Å². The molecule has 0 spiro atoms. The van der Waals surface area contributed by atoms with Crippen molar-refractivity contribution in [2.45, 2.75) is 266 Å². The van der Waals surface area contributed by atoms with Crippen molar-refractivity contribution in [2.24, 2.45) is 11.8 Å². The van der Waals surface area contributed by atoms with E-state index in [9.17, 15) is 9.59 Å². The third-order valence-corrected chi connectivity index (χ3v) is 11.8. The Hall–Kier alpha value is -1.54. The van der Waals surface area contributed by atoms with E-state index < -0.39 is 0 Å². The van der Waals surface area contributed by atoms with Crippen LogP contribution >= 0.6 is 0 Å². The first-order valence-electron chi connectivity index (χ1n) is 25.5. The summed E-state index contributed by atoms with van der Waals surface area (Å²) in [6.45, 7) is 15.8. The van der Waals surface area contributed by atoms with E-state index in [2.05, 4.69) is 51.4 Å². The first-order valence-corrected chi connectivity index (χ1v) is 25.5. The first kappa shape index (κ1) is 55.5. The molecule has 0 N–H and O–H groups in total. The van der Waals surface area contributed by atoms with Gasteiger partial charge in [-0.3, -0.25) is 9.59 Å². The summed E-state index contributed by atoms with van der Waals surface area (Å²) in [5.74, 6) is 7.01. The average molecular weight is 802 g/mol. The molecule has 2 unspecified atom stereocenters. The van der Waals surface area contributed by atoms with Crippen LogP contribution in [0.2, 0.25) is 0 Å². The van der Waals surface area contributed by atoms with E-state index in [0.717, 1.165) is 122 Å². The fourth-order valence-corrected chi connectivity index (χ4v) is 7.93. The lowest BCUT2D eigenvalue weighted by Gasteiger charge is -2.22. The van der Waals surface area contributed by atoms with E-state index in [0.29, 0.717) is 13.2 Å². The molecule has 5 nitrogen and oxygen atoms in total. The summed E-state index contributed by atoms with van der Waals surface area (Å²) < 4.78 is 11.7. The van der Waals surface area contributed by atoms with Crippen LogP contribution in [0, 0.1) is 23.7 Å². The van der Waals surface area contributed by atoms with Gasteiger partial charge in [-0.25, -0.2) is 0 Å². The summed E-state index contributed by atoms with van der Waals surface area (Å²) in [4.78, 5) is 28.7. The number of hydrogen-bond donors (Lipinski definition) is 0. The van der Waals surface area contributed by atoms with Gasteiger partial charge in [-0.1, -0.05) is 189 Å². The molecule has 0 aliphatic rings. The van der Waals surface area contributed by atoms with Gasteiger partial charge in [0.05, 0.1) is 25.0 Å². The van der Waals surface area contributed by atoms with Crippen LogP contribution < -0.4 is 0 Å². The number of esters is 2. The molecule has 2 atom stereocenters. The van der Waals surface area contributed by atoms with Crippen molar-refractivity contribution >= 4 is 11.9 Å². The summed E-state index contributed by atoms with van der Waals surface area (Å²) in [6.07, 6.45) is 42.3. The Morgan fingerprint density at radius 2 is 0.684 bits per heavy atom. The van der Waals surface area contributed by atoms with Gasteiger partial charge in [0.15, 0.2) is 0 Å². The number of carbonyl (C=O) groups is 2. The topological polar surface area (TPSA) is 55.8 Å². The predicted molar refractivity (Wildman–Crippen MR) is 248 cm³/mol. The Morgan fingerprint density at radius 3 is 1.09 bits per heavy atom. The normalized spacial score (nSPS) is 12.4. The average Bonchev–Trinajstić information content (AvgIpc) is 3.21. The Balaban J connectivity index is 4.56. The lowest BCUT2D eigenvalue weighted by atomic mass is 9.94. The number of rotatable bonds is 44. The van der Waals surface area contributed by atoms with Crippen molar-refractivity contribution in [3.05, 3.63) is 0 Å². The molecule has 0 amide bonds. The fraction of sp³-hybridized carbons (Fsp3) is 0.923. The van der Waals surface area contributed by atoms with Crippen molar-refractivity contribution in [3.63, 3.8) is 0 Å². The third kappa shape index (κ3) is 38.4. The second-order valence-corrected chi connectivity index (χ2v) is 17.4. The molecule has 0 aliphatic carbocycles. The van der Waals surface area contributed by atoms with Crippen LogP contribution in [0.15, 0.2) is 0 Å². The predicted octanol–water partition coefficient (Wildman–Crippen LogP) is 15.8. The Kier molecular flexibility index (Phi) is 44.3. The Bertz CT molecular complexity index is 852. The molecule has 0 heterocycles. The minimum Gasteiger partial charge on any atom is -0.465 e. The molecule has 0 saturated carbocycles. The van der Waals surface area contributed by atoms with Crippen LogP contribution in [0.25, 0.3) is 0 Å². The molecular weight excluding hydrogens is 703 g/mol. The number of nitrogens with zero attached hydrogens (tertiary/aromatic N) is 1. The van der Waals surface area contributed by atoms with Crippen LogP contribution in [-0.2, 0) is 19.1 Å². The molecule has 0 fully saturated rings. The van der Waals surface area contributed by atoms with E-state index in [1.54, 1.807) is 0 Å². The molecule has 0 aromatic carbocycles. The summed E-state index contributed by atoms with van der Waals surface area (Å²) >= 11 is 0. The van der Waals surface area contributed by atoms with Gasteiger partial charge in [-0.15, -0.1) is 11.8 Å². The van der Waals surface area contributed by atoms with Gasteiger partial charge < -0.3 is 14.4 Å². The fourth-order valence-electron chi connectivity index (χ4n) is 7.93. The van der Waals surface area contributed by atoms with Crippen LogP contribution in [-0.4, -0.2) is 49.7 Å². The molecular formula is C52H99NO4. The molecule has 0 rings (SSSR count). The zero-order chi connectivity index (χ0) is 41.7. The Labute approximate surface area is 357 Å². The van der Waals surface area contributed by atoms with Crippen molar-refractivity contribution < 1.29 is 19.1 Å². The molecule has 0 aliphatic heterocycles. The highest BCUT2D eigenvalue weighted by Crippen LogP contribution is 2.22. The SMILES string of the molecule is CCCC#CCCCN(CCCCCCOC(=O)C(CCCCCC)CCCCCCCC)CCCCCCOC(=O)C(CCCCCC)CCCCCCCC. The maximum atomic E-state index is 13.0. The van der Waals surface area contributed by atoms with Gasteiger partial charge in [0.1, 0.15) is 0 Å². The van der Waals surface area contributed by atoms with Gasteiger partial charge in [0, 0.05) is 12.8 Å². The van der Waals surface area contributed by atoms with Gasteiger partial charge in [0.2, 0.25) is 0 Å². The summed E-state index contributed by atoms with van der Waals surface area (Å²) in [5, 5.41) is 0. The molecule has 0 aromatic rings. The number of ether oxygens (including phenoxy) is 2. The van der Waals surface area contributed by atoms with Crippen molar-refractivity contribution in [2.75, 3.05) is 32.8 Å². The van der Waals surface area contributed by atoms with Gasteiger partial charge in [-0.2, -0.15) is 0 Å². The van der Waals surface area contributed by atoms with E-state index in [-0.39, 0.29) is 23.8 Å². The summed E-state index contributed by atoms with van der Waals surface area (Å²) in [6, 6.07) is 0. The molecule has 0 bridgehead atoms. The molecule has 57 heavy (non-hydrogen) atoms. The third-order valence-electron chi connectivity index (χ3n) is 11.8. The maximum absolute atomic E-state index is 13.0. The zero-order valence-corrected chi connectivity index (χ0v) is 39.2. The van der Waals surface area contributed by atoms with Crippen LogP contribution in [0.5, 0.6) is 0 Å². The first-order chi connectivity index (χ1) is 28.0. The highest BCUT2D eigenvalue weighted by atomic mass is 16.5. The second-order valence-electron chi connectivity index (χ2n) is 17.4. The smallest absolute Gasteiger partial charge is 0.308 e. The van der Waals surface area contributed by atoms with Crippen molar-refractivity contribution in [1.82, 2.24) is 4.90 Å². The van der Waals surface area contributed by atoms with E-state index in [1.165, 1.54) is 128 Å². The Morgan fingerprint density at radius 1 is 0.368 bits per heavy atom. The van der Waals surface area contributed by atoms with Gasteiger partial charge in [0.25, 0.3) is 0 Å². The summed E-state index contributed by atoms with van der Waals surface area (Å²) in [7, 11) is 0. The van der Waals surface area contributed by atoms with Crippen molar-refractivity contribution in [1.29, 1.82) is 0 Å². The van der Waals surface area contributed by atoms with Crippen molar-refractivity contribution in [3.8, 4) is 11.8 Å². The molecule has 0 radical (unpaired) electrons. The monoisotopic (exact) mass is 802 g/mol. The molecule has 0 saturated heterocycles. The highest BCUT2D eigenvalue weighted by Gasteiger charge is 2.20. The van der Waals surface area contributed by atoms with Crippen LogP contribution in [0.1, 0.15) is 266 Å². The van der Waals surface area contributed by atoms with Gasteiger partial charge >= 0.3 is 11.9 Å². The van der Waals surface area contributed by atoms with Crippen LogP contribution in [0.4, 0.5) is 0 Å². The number of unbranched alkanes of at least 4 members (excludes halogenated alkanes) is 24. The minimum absolute atomic E-state index is 0.0666. The highest BCUT2D eigenvalue weighted by molar-refractivity contribution is 5.72. The number of hydrogen-bond acceptors (Lipinski definition) is 5. The standard InChI is InChI=1S/C52H99NO4/c1-6-11-16-21-24-33-42-49(40-31-19-14-9-4)51(54)56-47-38-29-27-36-45-53(44-35-26-23-18-13-8-3)46-37-28-30-39-48-57-52(55)50(41-32-20-15-10-5)43-34-25-22-17-12-7-2/h49-50H,6-17,19-22,24-48H2,1-5H3. The van der Waals surface area contributed by atoms with E-state index in [4.69, 9.17) is 9.47 Å². The largest absolute Gasteiger partial charge is 0.465 e. The molecule has 0 aromatic heterocycles. The molecule has 5 heteroatoms. The minimum atomic E-state index is 0.0666. The zero-order valence-electron chi connectivity index (χ0n) is 39.2. The number of carbonyl (C=O) groups excluding carboxylic acids is 2. The molecule has 336 valence electrons. The lowest BCUT2D eigenvalue weighted by molar-refractivity contribution is -0.150. The lowest BCUT2D eigenvalue weighted by Crippen LogP contribution is -2.27. The maximum Gasteiger partial charge on any atom is 0.308 e.